The lowest BCUT2D eigenvalue weighted by Crippen LogP contribution is -2.24. The summed E-state index contributed by atoms with van der Waals surface area (Å²) >= 11 is 0. The van der Waals surface area contributed by atoms with Crippen LogP contribution in [0.5, 0.6) is 0 Å². The van der Waals surface area contributed by atoms with Crippen LogP contribution in [0.15, 0.2) is 30.3 Å². The van der Waals surface area contributed by atoms with Crippen molar-refractivity contribution in [3.8, 4) is 0 Å². The Labute approximate surface area is 97.6 Å². The van der Waals surface area contributed by atoms with E-state index in [1.807, 2.05) is 30.3 Å². The normalized spacial score (nSPS) is 17.4. The fourth-order valence-corrected chi connectivity index (χ4v) is 2.22. The van der Waals surface area contributed by atoms with E-state index in [0.29, 0.717) is 0 Å². The van der Waals surface area contributed by atoms with Gasteiger partial charge >= 0.3 is 11.9 Å². The lowest BCUT2D eigenvalue weighted by atomic mass is 9.96. The zero-order valence-electron chi connectivity index (χ0n) is 9.10. The molecule has 0 aliphatic carbocycles. The number of carbonyl (C=O) groups is 2. The molecule has 0 atom stereocenters. The molecular weight excluding hydrogens is 218 g/mol. The number of nitrogens with one attached hydrogen (secondary N) is 1. The number of H-pyrrole nitrogens is 1. The van der Waals surface area contributed by atoms with Crippen LogP contribution in [0.4, 0.5) is 0 Å². The molecular formula is C13H11NO3. The van der Waals surface area contributed by atoms with Crippen molar-refractivity contribution < 1.29 is 14.3 Å². The Kier molecular flexibility index (Phi) is 2.21. The first-order valence-corrected chi connectivity index (χ1v) is 5.53. The van der Waals surface area contributed by atoms with Crippen molar-refractivity contribution in [1.82, 2.24) is 4.98 Å². The Morgan fingerprint density at radius 2 is 1.82 bits per heavy atom. The monoisotopic (exact) mass is 229 g/mol. The molecule has 0 amide bonds. The van der Waals surface area contributed by atoms with Crippen molar-refractivity contribution in [3.05, 3.63) is 36.0 Å². The number of ether oxygens (including phenoxy) is 1. The van der Waals surface area contributed by atoms with Crippen molar-refractivity contribution in [1.29, 1.82) is 0 Å². The highest BCUT2D eigenvalue weighted by Crippen LogP contribution is 2.29. The molecule has 4 heteroatoms. The van der Waals surface area contributed by atoms with Gasteiger partial charge in [0.25, 0.3) is 0 Å². The van der Waals surface area contributed by atoms with Crippen molar-refractivity contribution in [2.75, 3.05) is 0 Å². The maximum absolute atomic E-state index is 11.2. The lowest BCUT2D eigenvalue weighted by Gasteiger charge is -2.18. The van der Waals surface area contributed by atoms with Crippen LogP contribution in [-0.2, 0) is 14.3 Å². The predicted molar refractivity (Wildman–Crippen MR) is 61.4 cm³/mol. The zero-order chi connectivity index (χ0) is 11.8. The molecule has 4 nitrogen and oxygen atoms in total. The minimum absolute atomic E-state index is 0.0869. The molecule has 1 aromatic heterocycles. The SMILES string of the molecule is O=C1CC(c2cc3ccccc3[nH]2)CC(=O)O1. The molecule has 3 rings (SSSR count). The number of rotatable bonds is 1. The summed E-state index contributed by atoms with van der Waals surface area (Å²) in [7, 11) is 0. The number of carbonyl (C=O) groups excluding carboxylic acids is 2. The number of benzene rings is 1. The molecule has 1 fully saturated rings. The van der Waals surface area contributed by atoms with Crippen LogP contribution in [0, 0.1) is 0 Å². The van der Waals surface area contributed by atoms with E-state index in [0.717, 1.165) is 16.6 Å². The fraction of sp³-hybridized carbons (Fsp3) is 0.231. The first-order chi connectivity index (χ1) is 8.22. The van der Waals surface area contributed by atoms with Crippen molar-refractivity contribution in [2.45, 2.75) is 18.8 Å². The molecule has 1 aromatic carbocycles. The summed E-state index contributed by atoms with van der Waals surface area (Å²) < 4.78 is 4.52. The number of aromatic nitrogens is 1. The van der Waals surface area contributed by atoms with E-state index in [2.05, 4.69) is 9.72 Å². The number of aromatic amines is 1. The van der Waals surface area contributed by atoms with Gasteiger partial charge in [0, 0.05) is 17.1 Å². The van der Waals surface area contributed by atoms with Crippen molar-refractivity contribution >= 4 is 22.8 Å². The Morgan fingerprint density at radius 3 is 2.53 bits per heavy atom. The topological polar surface area (TPSA) is 59.2 Å². The van der Waals surface area contributed by atoms with E-state index in [1.54, 1.807) is 0 Å². The number of fused-ring (bicyclic) bond motifs is 1. The third-order valence-corrected chi connectivity index (χ3v) is 3.04. The Balaban J connectivity index is 1.97. The van der Waals surface area contributed by atoms with Crippen LogP contribution in [0.3, 0.4) is 0 Å². The number of hydrogen-bond donors (Lipinski definition) is 1. The first kappa shape index (κ1) is 10.1. The third-order valence-electron chi connectivity index (χ3n) is 3.04. The van der Waals surface area contributed by atoms with E-state index in [-0.39, 0.29) is 18.8 Å². The van der Waals surface area contributed by atoms with E-state index in [4.69, 9.17) is 0 Å². The van der Waals surface area contributed by atoms with Crippen molar-refractivity contribution in [3.63, 3.8) is 0 Å². The van der Waals surface area contributed by atoms with E-state index in [9.17, 15) is 9.59 Å². The molecule has 1 saturated heterocycles. The van der Waals surface area contributed by atoms with Gasteiger partial charge in [-0.25, -0.2) is 0 Å². The smallest absolute Gasteiger partial charge is 0.314 e. The van der Waals surface area contributed by atoms with E-state index >= 15 is 0 Å². The van der Waals surface area contributed by atoms with E-state index < -0.39 is 11.9 Å². The standard InChI is InChI=1S/C13H11NO3/c15-12-6-9(7-13(16)17-12)11-5-8-3-1-2-4-10(8)14-11/h1-5,9,14H,6-7H2. The van der Waals surface area contributed by atoms with Gasteiger partial charge in [-0.2, -0.15) is 0 Å². The number of cyclic esters (lactones) is 2. The molecule has 0 saturated carbocycles. The highest BCUT2D eigenvalue weighted by atomic mass is 16.6. The maximum atomic E-state index is 11.2. The predicted octanol–water partition coefficient (Wildman–Crippen LogP) is 2.12. The van der Waals surface area contributed by atoms with Crippen LogP contribution in [0.2, 0.25) is 0 Å². The van der Waals surface area contributed by atoms with E-state index in [1.165, 1.54) is 0 Å². The van der Waals surface area contributed by atoms with Gasteiger partial charge in [-0.15, -0.1) is 0 Å². The quantitative estimate of drug-likeness (QED) is 0.601. The Hall–Kier alpha value is -2.10. The van der Waals surface area contributed by atoms with Crippen LogP contribution in [0.1, 0.15) is 24.5 Å². The molecule has 1 aliphatic heterocycles. The summed E-state index contributed by atoms with van der Waals surface area (Å²) in [5.41, 5.74) is 1.95. The average Bonchev–Trinajstić information content (AvgIpc) is 2.71. The van der Waals surface area contributed by atoms with Crippen LogP contribution in [-0.4, -0.2) is 16.9 Å². The number of para-hydroxylation sites is 1. The summed E-state index contributed by atoms with van der Waals surface area (Å²) in [6.07, 6.45) is 0.525. The zero-order valence-corrected chi connectivity index (χ0v) is 9.10. The summed E-state index contributed by atoms with van der Waals surface area (Å²) in [4.78, 5) is 25.7. The maximum Gasteiger partial charge on any atom is 0.314 e. The van der Waals surface area contributed by atoms with Gasteiger partial charge in [0.05, 0.1) is 12.8 Å². The molecule has 86 valence electrons. The lowest BCUT2D eigenvalue weighted by molar-refractivity contribution is -0.164. The first-order valence-electron chi connectivity index (χ1n) is 5.53. The van der Waals surface area contributed by atoms with Gasteiger partial charge in [-0.05, 0) is 17.5 Å². The Morgan fingerprint density at radius 1 is 1.12 bits per heavy atom. The van der Waals surface area contributed by atoms with Gasteiger partial charge in [-0.1, -0.05) is 18.2 Å². The molecule has 0 spiro atoms. The van der Waals surface area contributed by atoms with Gasteiger partial charge in [0.2, 0.25) is 0 Å². The number of hydrogen-bond acceptors (Lipinski definition) is 3. The summed E-state index contributed by atoms with van der Waals surface area (Å²) in [6.45, 7) is 0. The minimum atomic E-state index is -0.440. The second kappa shape index (κ2) is 3.73. The highest BCUT2D eigenvalue weighted by Gasteiger charge is 2.29. The van der Waals surface area contributed by atoms with Crippen LogP contribution in [0.25, 0.3) is 10.9 Å². The molecule has 17 heavy (non-hydrogen) atoms. The molecule has 1 aliphatic rings. The van der Waals surface area contributed by atoms with Gasteiger partial charge in [0.1, 0.15) is 0 Å². The third kappa shape index (κ3) is 1.82. The van der Waals surface area contributed by atoms with Gasteiger partial charge in [-0.3, -0.25) is 9.59 Å². The fourth-order valence-electron chi connectivity index (χ4n) is 2.22. The highest BCUT2D eigenvalue weighted by molar-refractivity contribution is 5.90. The number of esters is 2. The summed E-state index contributed by atoms with van der Waals surface area (Å²) in [6, 6.07) is 9.87. The average molecular weight is 229 g/mol. The summed E-state index contributed by atoms with van der Waals surface area (Å²) in [5.74, 6) is -0.967. The van der Waals surface area contributed by atoms with Crippen LogP contribution >= 0.6 is 0 Å². The molecule has 0 unspecified atom stereocenters. The molecule has 0 radical (unpaired) electrons. The van der Waals surface area contributed by atoms with Gasteiger partial charge in [0.15, 0.2) is 0 Å². The van der Waals surface area contributed by atoms with Crippen LogP contribution < -0.4 is 0 Å². The molecule has 0 bridgehead atoms. The summed E-state index contributed by atoms with van der Waals surface area (Å²) in [5, 5.41) is 1.09. The second-order valence-corrected chi connectivity index (χ2v) is 4.26. The largest absolute Gasteiger partial charge is 0.393 e. The minimum Gasteiger partial charge on any atom is -0.393 e. The molecule has 2 heterocycles. The molecule has 1 N–H and O–H groups in total. The second-order valence-electron chi connectivity index (χ2n) is 4.26. The molecule has 2 aromatic rings. The Bertz CT molecular complexity index is 550. The van der Waals surface area contributed by atoms with Gasteiger partial charge < -0.3 is 9.72 Å². The van der Waals surface area contributed by atoms with Crippen molar-refractivity contribution in [2.24, 2.45) is 0 Å².